The van der Waals surface area contributed by atoms with E-state index in [2.05, 4.69) is 17.4 Å². The Labute approximate surface area is 171 Å². The van der Waals surface area contributed by atoms with Crippen molar-refractivity contribution < 1.29 is 19.0 Å². The standard InChI is InChI=1S/C23H28N2O4/c24-23(26)28-20-4-6-22-19(14-20)3-2-18-13-17(1-5-21(18)29-22)15-25-10-7-16-8-11-27-12-9-16/h1,4-6,13-14,16,25H,2-3,7-12,15H2,(H2,24,26). The van der Waals surface area contributed by atoms with Gasteiger partial charge in [-0.2, -0.15) is 0 Å². The van der Waals surface area contributed by atoms with E-state index in [-0.39, 0.29) is 0 Å². The van der Waals surface area contributed by atoms with E-state index in [0.29, 0.717) is 5.75 Å². The summed E-state index contributed by atoms with van der Waals surface area (Å²) in [6, 6.07) is 11.7. The molecule has 1 amide bonds. The van der Waals surface area contributed by atoms with Gasteiger partial charge in [-0.05, 0) is 85.5 Å². The number of carbonyl (C=O) groups is 1. The molecule has 2 aromatic carbocycles. The SMILES string of the molecule is NC(=O)Oc1ccc2c(c1)CCc1cc(CNCCC3CCOCC3)ccc1O2. The highest BCUT2D eigenvalue weighted by Gasteiger charge is 2.17. The predicted molar refractivity (Wildman–Crippen MR) is 110 cm³/mol. The average Bonchev–Trinajstić information content (AvgIpc) is 2.90. The van der Waals surface area contributed by atoms with Crippen molar-refractivity contribution >= 4 is 6.09 Å². The van der Waals surface area contributed by atoms with E-state index in [1.165, 1.54) is 30.4 Å². The normalized spacial score (nSPS) is 16.3. The quantitative estimate of drug-likeness (QED) is 0.723. The van der Waals surface area contributed by atoms with Crippen LogP contribution in [0.1, 0.15) is 36.0 Å². The minimum Gasteiger partial charge on any atom is -0.457 e. The van der Waals surface area contributed by atoms with Gasteiger partial charge in [0.1, 0.15) is 17.2 Å². The van der Waals surface area contributed by atoms with Crippen LogP contribution in [0, 0.1) is 5.92 Å². The van der Waals surface area contributed by atoms with Gasteiger partial charge >= 0.3 is 6.09 Å². The summed E-state index contributed by atoms with van der Waals surface area (Å²) in [5.41, 5.74) is 8.58. The molecule has 2 aromatic rings. The molecule has 6 heteroatoms. The molecule has 3 N–H and O–H groups in total. The highest BCUT2D eigenvalue weighted by atomic mass is 16.5. The molecule has 0 saturated carbocycles. The molecule has 0 radical (unpaired) electrons. The first kappa shape index (κ1) is 19.7. The second-order valence-electron chi connectivity index (χ2n) is 7.76. The number of ether oxygens (including phenoxy) is 3. The number of aryl methyl sites for hydroxylation is 2. The summed E-state index contributed by atoms with van der Waals surface area (Å²) in [6.07, 6.45) is 4.46. The summed E-state index contributed by atoms with van der Waals surface area (Å²) in [7, 11) is 0. The van der Waals surface area contributed by atoms with Gasteiger partial charge in [0.2, 0.25) is 0 Å². The fourth-order valence-corrected chi connectivity index (χ4v) is 4.03. The van der Waals surface area contributed by atoms with Crippen LogP contribution in [0.25, 0.3) is 0 Å². The largest absolute Gasteiger partial charge is 0.457 e. The van der Waals surface area contributed by atoms with E-state index in [0.717, 1.165) is 62.1 Å². The number of rotatable bonds is 6. The molecule has 29 heavy (non-hydrogen) atoms. The second-order valence-corrected chi connectivity index (χ2v) is 7.76. The number of hydrogen-bond acceptors (Lipinski definition) is 5. The lowest BCUT2D eigenvalue weighted by Crippen LogP contribution is -2.22. The lowest BCUT2D eigenvalue weighted by molar-refractivity contribution is 0.0639. The molecule has 0 spiro atoms. The van der Waals surface area contributed by atoms with Crippen LogP contribution in [-0.4, -0.2) is 25.9 Å². The summed E-state index contributed by atoms with van der Waals surface area (Å²) in [5.74, 6) is 2.92. The number of fused-ring (bicyclic) bond motifs is 2. The molecule has 1 fully saturated rings. The van der Waals surface area contributed by atoms with Crippen molar-refractivity contribution in [1.29, 1.82) is 0 Å². The Hall–Kier alpha value is -2.57. The maximum atomic E-state index is 11.0. The summed E-state index contributed by atoms with van der Waals surface area (Å²) in [4.78, 5) is 11.0. The lowest BCUT2D eigenvalue weighted by Gasteiger charge is -2.22. The molecule has 0 aromatic heterocycles. The third-order valence-electron chi connectivity index (χ3n) is 5.66. The van der Waals surface area contributed by atoms with Gasteiger partial charge in [0.25, 0.3) is 0 Å². The van der Waals surface area contributed by atoms with Gasteiger partial charge in [0.05, 0.1) is 0 Å². The van der Waals surface area contributed by atoms with E-state index in [1.807, 2.05) is 18.2 Å². The van der Waals surface area contributed by atoms with Gasteiger partial charge < -0.3 is 25.3 Å². The van der Waals surface area contributed by atoms with Crippen molar-refractivity contribution in [3.05, 3.63) is 53.1 Å². The zero-order valence-corrected chi connectivity index (χ0v) is 16.6. The fourth-order valence-electron chi connectivity index (χ4n) is 4.03. The van der Waals surface area contributed by atoms with Gasteiger partial charge in [0, 0.05) is 19.8 Å². The zero-order chi connectivity index (χ0) is 20.1. The van der Waals surface area contributed by atoms with E-state index < -0.39 is 6.09 Å². The van der Waals surface area contributed by atoms with E-state index >= 15 is 0 Å². The van der Waals surface area contributed by atoms with Crippen molar-refractivity contribution in [3.63, 3.8) is 0 Å². The molecular weight excluding hydrogens is 368 g/mol. The number of amides is 1. The Bertz CT molecular complexity index is 862. The molecule has 0 atom stereocenters. The summed E-state index contributed by atoms with van der Waals surface area (Å²) in [6.45, 7) is 3.72. The molecule has 6 nitrogen and oxygen atoms in total. The Morgan fingerprint density at radius 2 is 1.79 bits per heavy atom. The first-order valence-corrected chi connectivity index (χ1v) is 10.4. The molecular formula is C23H28N2O4. The predicted octanol–water partition coefficient (Wildman–Crippen LogP) is 3.94. The van der Waals surface area contributed by atoms with Crippen LogP contribution in [0.2, 0.25) is 0 Å². The number of carbonyl (C=O) groups excluding carboxylic acids is 1. The highest BCUT2D eigenvalue weighted by molar-refractivity contribution is 5.68. The van der Waals surface area contributed by atoms with Crippen LogP contribution in [0.5, 0.6) is 17.2 Å². The van der Waals surface area contributed by atoms with Crippen LogP contribution in [-0.2, 0) is 24.1 Å². The third kappa shape index (κ3) is 5.28. The molecule has 0 bridgehead atoms. The van der Waals surface area contributed by atoms with Gasteiger partial charge in [-0.3, -0.25) is 0 Å². The number of benzene rings is 2. The summed E-state index contributed by atoms with van der Waals surface area (Å²) >= 11 is 0. The topological polar surface area (TPSA) is 82.8 Å². The monoisotopic (exact) mass is 396 g/mol. The summed E-state index contributed by atoms with van der Waals surface area (Å²) in [5, 5.41) is 3.57. The Morgan fingerprint density at radius 1 is 1.07 bits per heavy atom. The maximum Gasteiger partial charge on any atom is 0.409 e. The smallest absolute Gasteiger partial charge is 0.409 e. The molecule has 0 unspecified atom stereocenters. The van der Waals surface area contributed by atoms with Gasteiger partial charge in [-0.1, -0.05) is 12.1 Å². The van der Waals surface area contributed by atoms with Crippen molar-refractivity contribution in [1.82, 2.24) is 5.32 Å². The van der Waals surface area contributed by atoms with Crippen molar-refractivity contribution in [2.75, 3.05) is 19.8 Å². The minimum absolute atomic E-state index is 0.445. The number of hydrogen-bond donors (Lipinski definition) is 2. The molecule has 154 valence electrons. The van der Waals surface area contributed by atoms with Crippen LogP contribution in [0.15, 0.2) is 36.4 Å². The van der Waals surface area contributed by atoms with Gasteiger partial charge in [-0.25, -0.2) is 4.79 Å². The number of nitrogens with one attached hydrogen (secondary N) is 1. The van der Waals surface area contributed by atoms with Crippen molar-refractivity contribution in [2.24, 2.45) is 11.7 Å². The Morgan fingerprint density at radius 3 is 2.55 bits per heavy atom. The molecule has 1 saturated heterocycles. The molecule has 2 aliphatic rings. The number of primary amides is 1. The Balaban J connectivity index is 1.34. The van der Waals surface area contributed by atoms with Crippen LogP contribution in [0.3, 0.4) is 0 Å². The molecule has 2 heterocycles. The van der Waals surface area contributed by atoms with E-state index in [4.69, 9.17) is 19.9 Å². The second kappa shape index (κ2) is 9.29. The van der Waals surface area contributed by atoms with E-state index in [1.54, 1.807) is 6.07 Å². The van der Waals surface area contributed by atoms with Crippen molar-refractivity contribution in [2.45, 2.75) is 38.6 Å². The maximum absolute atomic E-state index is 11.0. The molecule has 2 aliphatic heterocycles. The number of nitrogens with two attached hydrogens (primary N) is 1. The summed E-state index contributed by atoms with van der Waals surface area (Å²) < 4.78 is 16.5. The lowest BCUT2D eigenvalue weighted by atomic mass is 9.96. The molecule has 0 aliphatic carbocycles. The van der Waals surface area contributed by atoms with Gasteiger partial charge in [-0.15, -0.1) is 0 Å². The van der Waals surface area contributed by atoms with E-state index in [9.17, 15) is 4.79 Å². The Kier molecular flexibility index (Phi) is 6.32. The van der Waals surface area contributed by atoms with Crippen LogP contribution >= 0.6 is 0 Å². The first-order valence-electron chi connectivity index (χ1n) is 10.4. The van der Waals surface area contributed by atoms with Crippen LogP contribution in [0.4, 0.5) is 4.79 Å². The molecule has 4 rings (SSSR count). The van der Waals surface area contributed by atoms with Gasteiger partial charge in [0.15, 0.2) is 0 Å². The fraction of sp³-hybridized carbons (Fsp3) is 0.435. The van der Waals surface area contributed by atoms with Crippen molar-refractivity contribution in [3.8, 4) is 17.2 Å². The third-order valence-corrected chi connectivity index (χ3v) is 5.66. The average molecular weight is 396 g/mol. The minimum atomic E-state index is -0.809. The first-order chi connectivity index (χ1) is 14.2. The highest BCUT2D eigenvalue weighted by Crippen LogP contribution is 2.36. The van der Waals surface area contributed by atoms with Crippen LogP contribution < -0.4 is 20.5 Å². The zero-order valence-electron chi connectivity index (χ0n) is 16.6.